The number of aryl methyl sites for hydroxylation is 1. The number of aromatic amines is 1. The van der Waals surface area contributed by atoms with Gasteiger partial charge >= 0.3 is 0 Å². The van der Waals surface area contributed by atoms with E-state index in [-0.39, 0.29) is 11.9 Å². The molecular formula is C17H17N3O. The molecule has 0 radical (unpaired) electrons. The Morgan fingerprint density at radius 2 is 2.24 bits per heavy atom. The molecule has 1 amide bonds. The molecule has 0 saturated carbocycles. The molecule has 0 aliphatic carbocycles. The van der Waals surface area contributed by atoms with Crippen molar-refractivity contribution >= 4 is 5.91 Å². The van der Waals surface area contributed by atoms with E-state index in [1.807, 2.05) is 23.1 Å². The Balaban J connectivity index is 1.89. The summed E-state index contributed by atoms with van der Waals surface area (Å²) in [7, 11) is 0. The van der Waals surface area contributed by atoms with Crippen molar-refractivity contribution in [3.63, 3.8) is 0 Å². The summed E-state index contributed by atoms with van der Waals surface area (Å²) in [5.74, 6) is -0.0257. The van der Waals surface area contributed by atoms with Gasteiger partial charge in [0.2, 0.25) is 0 Å². The molecule has 21 heavy (non-hydrogen) atoms. The lowest BCUT2D eigenvalue weighted by atomic mass is 9.99. The Morgan fingerprint density at radius 3 is 2.95 bits per heavy atom. The van der Waals surface area contributed by atoms with E-state index in [0.717, 1.165) is 19.4 Å². The van der Waals surface area contributed by atoms with E-state index in [1.165, 1.54) is 11.1 Å². The molecule has 106 valence electrons. The van der Waals surface area contributed by atoms with Crippen LogP contribution in [0.25, 0.3) is 0 Å². The third-order valence-electron chi connectivity index (χ3n) is 4.10. The van der Waals surface area contributed by atoms with E-state index in [9.17, 15) is 4.79 Å². The lowest BCUT2D eigenvalue weighted by Gasteiger charge is -2.25. The van der Waals surface area contributed by atoms with Crippen molar-refractivity contribution in [2.75, 3.05) is 6.54 Å². The summed E-state index contributed by atoms with van der Waals surface area (Å²) >= 11 is 0. The summed E-state index contributed by atoms with van der Waals surface area (Å²) in [6.07, 6.45) is 3.57. The van der Waals surface area contributed by atoms with Gasteiger partial charge in [-0.3, -0.25) is 4.79 Å². The monoisotopic (exact) mass is 279 g/mol. The van der Waals surface area contributed by atoms with Crippen LogP contribution >= 0.6 is 0 Å². The van der Waals surface area contributed by atoms with Crippen LogP contribution < -0.4 is 0 Å². The number of H-pyrrole nitrogens is 1. The number of hydrogen-bond donors (Lipinski definition) is 1. The summed E-state index contributed by atoms with van der Waals surface area (Å²) in [6.45, 7) is 2.84. The van der Waals surface area contributed by atoms with Crippen molar-refractivity contribution in [1.29, 1.82) is 5.26 Å². The van der Waals surface area contributed by atoms with E-state index < -0.39 is 0 Å². The molecule has 1 aromatic carbocycles. The number of nitrogens with zero attached hydrogens (tertiary/aromatic N) is 2. The first-order chi connectivity index (χ1) is 10.2. The van der Waals surface area contributed by atoms with Crippen LogP contribution in [0.3, 0.4) is 0 Å². The van der Waals surface area contributed by atoms with Crippen molar-refractivity contribution in [1.82, 2.24) is 9.88 Å². The van der Waals surface area contributed by atoms with Gasteiger partial charge in [0.15, 0.2) is 0 Å². The Labute approximate surface area is 124 Å². The second-order valence-electron chi connectivity index (χ2n) is 5.43. The molecule has 2 heterocycles. The number of carbonyl (C=O) groups is 1. The molecule has 1 N–H and O–H groups in total. The molecule has 1 aromatic heterocycles. The van der Waals surface area contributed by atoms with Gasteiger partial charge in [-0.2, -0.15) is 5.26 Å². The molecule has 2 aromatic rings. The first-order valence-corrected chi connectivity index (χ1v) is 7.15. The van der Waals surface area contributed by atoms with Crippen LogP contribution in [0.15, 0.2) is 36.5 Å². The minimum absolute atomic E-state index is 0.0257. The lowest BCUT2D eigenvalue weighted by Crippen LogP contribution is -2.31. The van der Waals surface area contributed by atoms with Gasteiger partial charge in [-0.25, -0.2) is 0 Å². The van der Waals surface area contributed by atoms with Gasteiger partial charge in [-0.1, -0.05) is 24.3 Å². The van der Waals surface area contributed by atoms with Crippen molar-refractivity contribution in [2.24, 2.45) is 0 Å². The van der Waals surface area contributed by atoms with E-state index in [0.29, 0.717) is 11.3 Å². The van der Waals surface area contributed by atoms with Gasteiger partial charge in [0.05, 0.1) is 11.6 Å². The zero-order chi connectivity index (χ0) is 14.8. The lowest BCUT2D eigenvalue weighted by molar-refractivity contribution is 0.0730. The highest BCUT2D eigenvalue weighted by Crippen LogP contribution is 2.34. The number of carbonyl (C=O) groups excluding carboxylic acids is 1. The quantitative estimate of drug-likeness (QED) is 0.917. The molecule has 1 atom stereocenters. The number of rotatable bonds is 2. The van der Waals surface area contributed by atoms with Crippen LogP contribution in [0, 0.1) is 18.3 Å². The predicted octanol–water partition coefficient (Wildman–Crippen LogP) is 3.17. The normalized spacial score (nSPS) is 17.7. The third-order valence-corrected chi connectivity index (χ3v) is 4.10. The molecule has 1 fully saturated rings. The summed E-state index contributed by atoms with van der Waals surface area (Å²) in [6, 6.07) is 12.0. The predicted molar refractivity (Wildman–Crippen MR) is 79.7 cm³/mol. The van der Waals surface area contributed by atoms with E-state index in [2.05, 4.69) is 24.0 Å². The maximum atomic E-state index is 12.7. The molecular weight excluding hydrogens is 262 g/mol. The number of amides is 1. The highest BCUT2D eigenvalue weighted by molar-refractivity contribution is 5.93. The number of likely N-dealkylation sites (tertiary alicyclic amines) is 1. The van der Waals surface area contributed by atoms with Crippen LogP contribution in [0.4, 0.5) is 0 Å². The van der Waals surface area contributed by atoms with Crippen LogP contribution in [-0.4, -0.2) is 22.3 Å². The van der Waals surface area contributed by atoms with Gasteiger partial charge in [-0.05, 0) is 37.0 Å². The smallest absolute Gasteiger partial charge is 0.270 e. The standard InChI is InChI=1S/C17H17N3O/c1-12-5-2-3-6-14(12)16-7-4-8-20(16)17(21)15-9-13(10-18)11-19-15/h2-3,5-6,9,11,16,19H,4,7-8H2,1H3. The first-order valence-electron chi connectivity index (χ1n) is 7.15. The number of nitrogens with one attached hydrogen (secondary N) is 1. The molecule has 1 unspecified atom stereocenters. The van der Waals surface area contributed by atoms with E-state index in [1.54, 1.807) is 12.3 Å². The van der Waals surface area contributed by atoms with E-state index >= 15 is 0 Å². The van der Waals surface area contributed by atoms with Crippen molar-refractivity contribution in [3.8, 4) is 6.07 Å². The molecule has 1 aliphatic rings. The maximum absolute atomic E-state index is 12.7. The molecule has 1 saturated heterocycles. The Morgan fingerprint density at radius 1 is 1.43 bits per heavy atom. The fourth-order valence-electron chi connectivity index (χ4n) is 3.03. The van der Waals surface area contributed by atoms with E-state index in [4.69, 9.17) is 5.26 Å². The molecule has 4 heteroatoms. The molecule has 0 spiro atoms. The summed E-state index contributed by atoms with van der Waals surface area (Å²) < 4.78 is 0. The third kappa shape index (κ3) is 2.43. The zero-order valence-corrected chi connectivity index (χ0v) is 12.0. The van der Waals surface area contributed by atoms with Crippen LogP contribution in [-0.2, 0) is 0 Å². The van der Waals surface area contributed by atoms with Crippen LogP contribution in [0.5, 0.6) is 0 Å². The van der Waals surface area contributed by atoms with Crippen molar-refractivity contribution in [2.45, 2.75) is 25.8 Å². The van der Waals surface area contributed by atoms with Crippen molar-refractivity contribution in [3.05, 3.63) is 58.9 Å². The van der Waals surface area contributed by atoms with Gasteiger partial charge in [0.1, 0.15) is 11.8 Å². The Kier molecular flexibility index (Phi) is 3.49. The van der Waals surface area contributed by atoms with Gasteiger partial charge in [-0.15, -0.1) is 0 Å². The highest BCUT2D eigenvalue weighted by Gasteiger charge is 2.31. The summed E-state index contributed by atoms with van der Waals surface area (Å²) in [5, 5.41) is 8.87. The minimum Gasteiger partial charge on any atom is -0.356 e. The highest BCUT2D eigenvalue weighted by atomic mass is 16.2. The number of hydrogen-bond acceptors (Lipinski definition) is 2. The van der Waals surface area contributed by atoms with Gasteiger partial charge in [0, 0.05) is 12.7 Å². The Bertz CT molecular complexity index is 711. The van der Waals surface area contributed by atoms with Crippen molar-refractivity contribution < 1.29 is 4.79 Å². The summed E-state index contributed by atoms with van der Waals surface area (Å²) in [4.78, 5) is 17.5. The van der Waals surface area contributed by atoms with Crippen LogP contribution in [0.1, 0.15) is 46.1 Å². The Hall–Kier alpha value is -2.54. The molecule has 0 bridgehead atoms. The van der Waals surface area contributed by atoms with Gasteiger partial charge in [0.25, 0.3) is 5.91 Å². The zero-order valence-electron chi connectivity index (χ0n) is 12.0. The maximum Gasteiger partial charge on any atom is 0.270 e. The number of benzene rings is 1. The number of nitriles is 1. The topological polar surface area (TPSA) is 59.9 Å². The van der Waals surface area contributed by atoms with Gasteiger partial charge < -0.3 is 9.88 Å². The average molecular weight is 279 g/mol. The first kappa shape index (κ1) is 13.4. The largest absolute Gasteiger partial charge is 0.356 e. The minimum atomic E-state index is -0.0257. The average Bonchev–Trinajstić information content (AvgIpc) is 3.16. The molecule has 3 rings (SSSR count). The SMILES string of the molecule is Cc1ccccc1C1CCCN1C(=O)c1cc(C#N)c[nH]1. The second-order valence-corrected chi connectivity index (χ2v) is 5.43. The fraction of sp³-hybridized carbons (Fsp3) is 0.294. The molecule has 4 nitrogen and oxygen atoms in total. The fourth-order valence-corrected chi connectivity index (χ4v) is 3.03. The van der Waals surface area contributed by atoms with Crippen LogP contribution in [0.2, 0.25) is 0 Å². The number of aromatic nitrogens is 1. The molecule has 1 aliphatic heterocycles. The second kappa shape index (κ2) is 5.45. The summed E-state index contributed by atoms with van der Waals surface area (Å²) in [5.41, 5.74) is 3.42.